The Hall–Kier alpha value is -3.21. The van der Waals surface area contributed by atoms with Crippen molar-refractivity contribution in [2.24, 2.45) is 0 Å². The highest BCUT2D eigenvalue weighted by atomic mass is 32.1. The van der Waals surface area contributed by atoms with Crippen LogP contribution < -0.4 is 5.32 Å². The molecule has 1 unspecified atom stereocenters. The third-order valence-electron chi connectivity index (χ3n) is 4.44. The molecular formula is C19H18F3N7S. The number of halogens is 3. The summed E-state index contributed by atoms with van der Waals surface area (Å²) in [5.74, 6) is 0.607. The van der Waals surface area contributed by atoms with Crippen LogP contribution in [0.2, 0.25) is 0 Å². The predicted octanol–water partition coefficient (Wildman–Crippen LogP) is 4.66. The van der Waals surface area contributed by atoms with Crippen LogP contribution >= 0.6 is 11.3 Å². The van der Waals surface area contributed by atoms with Crippen molar-refractivity contribution in [1.82, 2.24) is 29.8 Å². The Labute approximate surface area is 174 Å². The maximum absolute atomic E-state index is 12.9. The van der Waals surface area contributed by atoms with E-state index < -0.39 is 17.9 Å². The highest BCUT2D eigenvalue weighted by molar-refractivity contribution is 7.15. The van der Waals surface area contributed by atoms with Gasteiger partial charge in [0.2, 0.25) is 5.13 Å². The molecule has 0 aliphatic heterocycles. The Morgan fingerprint density at radius 2 is 1.87 bits per heavy atom. The number of aryl methyl sites for hydroxylation is 1. The maximum Gasteiger partial charge on any atom is 0.435 e. The number of nitrogens with one attached hydrogen (secondary N) is 1. The lowest BCUT2D eigenvalue weighted by Crippen LogP contribution is -2.12. The Morgan fingerprint density at radius 3 is 2.57 bits per heavy atom. The van der Waals surface area contributed by atoms with Crippen molar-refractivity contribution >= 4 is 22.3 Å². The normalized spacial score (nSPS) is 12.8. The molecule has 1 atom stereocenters. The fourth-order valence-corrected chi connectivity index (χ4v) is 3.76. The van der Waals surface area contributed by atoms with Gasteiger partial charge in [-0.25, -0.2) is 0 Å². The second-order valence-electron chi connectivity index (χ2n) is 6.74. The van der Waals surface area contributed by atoms with E-state index in [0.717, 1.165) is 11.6 Å². The molecule has 0 saturated heterocycles. The van der Waals surface area contributed by atoms with Crippen LogP contribution in [0.1, 0.15) is 34.9 Å². The highest BCUT2D eigenvalue weighted by Gasteiger charge is 2.35. The fraction of sp³-hybridized carbons (Fsp3) is 0.263. The molecule has 0 aliphatic rings. The average molecular weight is 433 g/mol. The predicted molar refractivity (Wildman–Crippen MR) is 107 cm³/mol. The zero-order valence-electron chi connectivity index (χ0n) is 16.1. The molecule has 0 aliphatic carbocycles. The lowest BCUT2D eigenvalue weighted by Gasteiger charge is -2.10. The summed E-state index contributed by atoms with van der Waals surface area (Å²) < 4.78 is 41.8. The number of anilines is 2. The number of rotatable bonds is 6. The Kier molecular flexibility index (Phi) is 5.29. The number of alkyl halides is 3. The van der Waals surface area contributed by atoms with E-state index in [1.165, 1.54) is 16.0 Å². The number of nitrogens with zero attached hydrogens (tertiary/aromatic N) is 6. The third-order valence-corrected chi connectivity index (χ3v) is 5.45. The van der Waals surface area contributed by atoms with Crippen LogP contribution in [0.3, 0.4) is 0 Å². The number of hydrogen-bond donors (Lipinski definition) is 1. The number of benzene rings is 1. The standard InChI is InChI=1S/C19H18F3N7S/c1-12-10-15(19(20,21)22)26-29(12)13(2)17-24-25-18(30-17)23-16-8-9-28(27-16)11-14-6-4-3-5-7-14/h3-10,13H,11H2,1-2H3,(H,23,25,27). The molecule has 0 saturated carbocycles. The Morgan fingerprint density at radius 1 is 1.10 bits per heavy atom. The van der Waals surface area contributed by atoms with Crippen molar-refractivity contribution in [2.75, 3.05) is 5.32 Å². The second kappa shape index (κ2) is 7.90. The summed E-state index contributed by atoms with van der Waals surface area (Å²) in [5, 5.41) is 20.5. The zero-order chi connectivity index (χ0) is 21.3. The minimum atomic E-state index is -4.48. The summed E-state index contributed by atoms with van der Waals surface area (Å²) >= 11 is 1.24. The molecule has 3 heterocycles. The van der Waals surface area contributed by atoms with Crippen LogP contribution in [-0.4, -0.2) is 29.8 Å². The van der Waals surface area contributed by atoms with Crippen LogP contribution in [0.5, 0.6) is 0 Å². The lowest BCUT2D eigenvalue weighted by atomic mass is 10.2. The van der Waals surface area contributed by atoms with Crippen LogP contribution in [-0.2, 0) is 12.7 Å². The molecule has 1 N–H and O–H groups in total. The van der Waals surface area contributed by atoms with Gasteiger partial charge in [-0.15, -0.1) is 10.2 Å². The van der Waals surface area contributed by atoms with E-state index in [-0.39, 0.29) is 0 Å². The smallest absolute Gasteiger partial charge is 0.313 e. The van der Waals surface area contributed by atoms with Crippen molar-refractivity contribution in [3.8, 4) is 0 Å². The van der Waals surface area contributed by atoms with Crippen molar-refractivity contribution < 1.29 is 13.2 Å². The van der Waals surface area contributed by atoms with E-state index in [4.69, 9.17) is 0 Å². The summed E-state index contributed by atoms with van der Waals surface area (Å²) in [7, 11) is 0. The molecule has 0 fully saturated rings. The zero-order valence-corrected chi connectivity index (χ0v) is 16.9. The van der Waals surface area contributed by atoms with Gasteiger partial charge in [-0.3, -0.25) is 9.36 Å². The molecule has 4 rings (SSSR count). The molecule has 0 radical (unpaired) electrons. The van der Waals surface area contributed by atoms with E-state index in [0.29, 0.717) is 28.2 Å². The van der Waals surface area contributed by atoms with Gasteiger partial charge in [0.1, 0.15) is 11.0 Å². The van der Waals surface area contributed by atoms with Gasteiger partial charge in [-0.05, 0) is 25.5 Å². The van der Waals surface area contributed by atoms with E-state index in [1.807, 2.05) is 42.6 Å². The van der Waals surface area contributed by atoms with Gasteiger partial charge in [-0.2, -0.15) is 23.4 Å². The SMILES string of the molecule is Cc1cc(C(F)(F)F)nn1C(C)c1nnc(Nc2ccn(Cc3ccccc3)n2)s1. The minimum Gasteiger partial charge on any atom is -0.313 e. The van der Waals surface area contributed by atoms with Gasteiger partial charge < -0.3 is 5.32 Å². The van der Waals surface area contributed by atoms with Crippen molar-refractivity contribution in [3.63, 3.8) is 0 Å². The van der Waals surface area contributed by atoms with Crippen LogP contribution in [0.4, 0.5) is 24.1 Å². The molecule has 156 valence electrons. The van der Waals surface area contributed by atoms with Gasteiger partial charge in [0.25, 0.3) is 0 Å². The van der Waals surface area contributed by atoms with Crippen LogP contribution in [0, 0.1) is 6.92 Å². The summed E-state index contributed by atoms with van der Waals surface area (Å²) in [6.45, 7) is 3.96. The molecule has 0 bridgehead atoms. The monoisotopic (exact) mass is 433 g/mol. The molecule has 7 nitrogen and oxygen atoms in total. The Bertz CT molecular complexity index is 1130. The van der Waals surface area contributed by atoms with Gasteiger partial charge in [0.05, 0.1) is 6.54 Å². The first kappa shape index (κ1) is 20.1. The molecule has 1 aromatic carbocycles. The van der Waals surface area contributed by atoms with Crippen molar-refractivity contribution in [3.05, 3.63) is 70.6 Å². The van der Waals surface area contributed by atoms with E-state index in [2.05, 4.69) is 25.7 Å². The summed E-state index contributed by atoms with van der Waals surface area (Å²) in [4.78, 5) is 0. The second-order valence-corrected chi connectivity index (χ2v) is 7.75. The maximum atomic E-state index is 12.9. The summed E-state index contributed by atoms with van der Waals surface area (Å²) in [6.07, 6.45) is -2.63. The largest absolute Gasteiger partial charge is 0.435 e. The number of hydrogen-bond acceptors (Lipinski definition) is 6. The van der Waals surface area contributed by atoms with E-state index in [1.54, 1.807) is 18.5 Å². The van der Waals surface area contributed by atoms with Gasteiger partial charge in [-0.1, -0.05) is 41.7 Å². The molecule has 11 heteroatoms. The van der Waals surface area contributed by atoms with Gasteiger partial charge in [0, 0.05) is 18.0 Å². The lowest BCUT2D eigenvalue weighted by molar-refractivity contribution is -0.141. The van der Waals surface area contributed by atoms with Crippen LogP contribution in [0.15, 0.2) is 48.7 Å². The molecule has 30 heavy (non-hydrogen) atoms. The van der Waals surface area contributed by atoms with Crippen molar-refractivity contribution in [1.29, 1.82) is 0 Å². The van der Waals surface area contributed by atoms with E-state index >= 15 is 0 Å². The molecule has 3 aromatic heterocycles. The topological polar surface area (TPSA) is 73.5 Å². The minimum absolute atomic E-state index is 0.402. The van der Waals surface area contributed by atoms with Crippen LogP contribution in [0.25, 0.3) is 0 Å². The highest BCUT2D eigenvalue weighted by Crippen LogP contribution is 2.31. The first-order valence-corrected chi connectivity index (χ1v) is 9.92. The van der Waals surface area contributed by atoms with Gasteiger partial charge >= 0.3 is 6.18 Å². The van der Waals surface area contributed by atoms with E-state index in [9.17, 15) is 13.2 Å². The quantitative estimate of drug-likeness (QED) is 0.479. The molecule has 4 aromatic rings. The number of aromatic nitrogens is 6. The summed E-state index contributed by atoms with van der Waals surface area (Å²) in [6, 6.07) is 12.3. The fourth-order valence-electron chi connectivity index (χ4n) is 2.97. The van der Waals surface area contributed by atoms with Crippen molar-refractivity contribution in [2.45, 2.75) is 32.6 Å². The third kappa shape index (κ3) is 4.35. The first-order valence-electron chi connectivity index (χ1n) is 9.11. The first-order chi connectivity index (χ1) is 14.3. The summed E-state index contributed by atoms with van der Waals surface area (Å²) in [5.41, 5.74) is 0.616. The Balaban J connectivity index is 1.45. The molecular weight excluding hydrogens is 415 g/mol. The molecule has 0 amide bonds. The average Bonchev–Trinajstić information content (AvgIpc) is 3.42. The van der Waals surface area contributed by atoms with Gasteiger partial charge in [0.15, 0.2) is 11.5 Å². The molecule has 0 spiro atoms.